The fraction of sp³-hybridized carbons (Fsp3) is 0.667. The second-order valence-corrected chi connectivity index (χ2v) is 7.50. The molecule has 1 aliphatic carbocycles. The van der Waals surface area contributed by atoms with Crippen molar-refractivity contribution in [2.45, 2.75) is 53.5 Å². The van der Waals surface area contributed by atoms with E-state index in [9.17, 15) is 0 Å². The maximum Gasteiger partial charge on any atom is 0.142 e. The predicted molar refractivity (Wildman–Crippen MR) is 86.4 cm³/mol. The zero-order valence-corrected chi connectivity index (χ0v) is 13.6. The van der Waals surface area contributed by atoms with E-state index in [1.165, 1.54) is 12.8 Å². The molecular weight excluding hydrogens is 246 g/mol. The molecule has 0 radical (unpaired) electrons. The largest absolute Gasteiger partial charge is 0.491 e. The van der Waals surface area contributed by atoms with E-state index >= 15 is 0 Å². The van der Waals surface area contributed by atoms with Crippen LogP contribution in [0.15, 0.2) is 24.3 Å². The summed E-state index contributed by atoms with van der Waals surface area (Å²) in [5.74, 6) is 2.24. The highest BCUT2D eigenvalue weighted by atomic mass is 16.5. The lowest BCUT2D eigenvalue weighted by atomic mass is 9.91. The summed E-state index contributed by atoms with van der Waals surface area (Å²) in [6, 6.07) is 8.87. The lowest BCUT2D eigenvalue weighted by molar-refractivity contribution is 0.272. The van der Waals surface area contributed by atoms with Crippen molar-refractivity contribution in [1.29, 1.82) is 0 Å². The van der Waals surface area contributed by atoms with Crippen LogP contribution in [0.2, 0.25) is 0 Å². The summed E-state index contributed by atoms with van der Waals surface area (Å²) in [4.78, 5) is 0. The van der Waals surface area contributed by atoms with Crippen molar-refractivity contribution < 1.29 is 4.74 Å². The molecule has 20 heavy (non-hydrogen) atoms. The summed E-state index contributed by atoms with van der Waals surface area (Å²) in [5.41, 5.74) is 1.59. The molecule has 2 heteroatoms. The Kier molecular flexibility index (Phi) is 4.62. The molecule has 1 fully saturated rings. The van der Waals surface area contributed by atoms with Gasteiger partial charge in [0, 0.05) is 6.04 Å². The van der Waals surface area contributed by atoms with Gasteiger partial charge in [-0.05, 0) is 42.2 Å². The van der Waals surface area contributed by atoms with Gasteiger partial charge < -0.3 is 10.1 Å². The molecule has 0 spiro atoms. The Hall–Kier alpha value is -1.18. The zero-order valence-electron chi connectivity index (χ0n) is 13.6. The van der Waals surface area contributed by atoms with E-state index in [1.807, 2.05) is 6.07 Å². The number of ether oxygens (including phenoxy) is 1. The normalized spacial score (nSPS) is 24.9. The zero-order chi connectivity index (χ0) is 14.8. The number of anilines is 1. The SMILES string of the molecule is CC(C)COc1ccccc1NC1CC(C)(C)CC1C. The van der Waals surface area contributed by atoms with Crippen LogP contribution in [0.4, 0.5) is 5.69 Å². The van der Waals surface area contributed by atoms with E-state index in [0.29, 0.717) is 23.3 Å². The summed E-state index contributed by atoms with van der Waals surface area (Å²) >= 11 is 0. The van der Waals surface area contributed by atoms with E-state index in [2.05, 4.69) is 58.1 Å². The van der Waals surface area contributed by atoms with Crippen LogP contribution in [0.25, 0.3) is 0 Å². The van der Waals surface area contributed by atoms with Gasteiger partial charge in [-0.15, -0.1) is 0 Å². The van der Waals surface area contributed by atoms with Gasteiger partial charge in [-0.3, -0.25) is 0 Å². The Bertz CT molecular complexity index is 439. The fourth-order valence-corrected chi connectivity index (χ4v) is 3.25. The van der Waals surface area contributed by atoms with Gasteiger partial charge in [-0.1, -0.05) is 46.8 Å². The Morgan fingerprint density at radius 3 is 2.55 bits per heavy atom. The van der Waals surface area contributed by atoms with Crippen LogP contribution in [0.3, 0.4) is 0 Å². The predicted octanol–water partition coefficient (Wildman–Crippen LogP) is 4.96. The first kappa shape index (κ1) is 15.2. The van der Waals surface area contributed by atoms with Crippen LogP contribution >= 0.6 is 0 Å². The average Bonchev–Trinajstić information content (AvgIpc) is 2.61. The molecule has 1 N–H and O–H groups in total. The fourth-order valence-electron chi connectivity index (χ4n) is 3.25. The number of para-hydroxylation sites is 2. The van der Waals surface area contributed by atoms with E-state index in [1.54, 1.807) is 0 Å². The van der Waals surface area contributed by atoms with Crippen LogP contribution in [0.5, 0.6) is 5.75 Å². The average molecular weight is 275 g/mol. The molecular formula is C18H29NO. The maximum atomic E-state index is 5.93. The highest BCUT2D eigenvalue weighted by Crippen LogP contribution is 2.42. The first-order valence-corrected chi connectivity index (χ1v) is 7.86. The number of rotatable bonds is 5. The summed E-state index contributed by atoms with van der Waals surface area (Å²) in [6.45, 7) is 12.2. The van der Waals surface area contributed by atoms with E-state index in [0.717, 1.165) is 18.0 Å². The number of nitrogens with one attached hydrogen (secondary N) is 1. The minimum absolute atomic E-state index is 0.449. The molecule has 1 aromatic rings. The van der Waals surface area contributed by atoms with Crippen molar-refractivity contribution in [3.05, 3.63) is 24.3 Å². The van der Waals surface area contributed by atoms with Crippen LogP contribution in [-0.2, 0) is 0 Å². The summed E-state index contributed by atoms with van der Waals surface area (Å²) in [6.07, 6.45) is 2.52. The van der Waals surface area contributed by atoms with Gasteiger partial charge in [0.2, 0.25) is 0 Å². The molecule has 0 saturated heterocycles. The third-order valence-corrected chi connectivity index (χ3v) is 4.13. The maximum absolute atomic E-state index is 5.93. The summed E-state index contributed by atoms with van der Waals surface area (Å²) in [7, 11) is 0. The Labute approximate surface area is 123 Å². The molecule has 2 unspecified atom stereocenters. The first-order valence-electron chi connectivity index (χ1n) is 7.86. The molecule has 0 aliphatic heterocycles. The number of hydrogen-bond acceptors (Lipinski definition) is 2. The van der Waals surface area contributed by atoms with Gasteiger partial charge in [0.25, 0.3) is 0 Å². The molecule has 2 nitrogen and oxygen atoms in total. The van der Waals surface area contributed by atoms with E-state index in [4.69, 9.17) is 4.74 Å². The van der Waals surface area contributed by atoms with Crippen molar-refractivity contribution in [2.75, 3.05) is 11.9 Å². The molecule has 1 aromatic carbocycles. The van der Waals surface area contributed by atoms with Crippen LogP contribution in [0, 0.1) is 17.3 Å². The lowest BCUT2D eigenvalue weighted by Crippen LogP contribution is -2.23. The molecule has 112 valence electrons. The molecule has 0 amide bonds. The number of hydrogen-bond donors (Lipinski definition) is 1. The highest BCUT2D eigenvalue weighted by molar-refractivity contribution is 5.57. The first-order chi connectivity index (χ1) is 9.37. The van der Waals surface area contributed by atoms with Gasteiger partial charge in [0.1, 0.15) is 5.75 Å². The van der Waals surface area contributed by atoms with E-state index < -0.39 is 0 Å². The van der Waals surface area contributed by atoms with Crippen LogP contribution < -0.4 is 10.1 Å². The molecule has 0 bridgehead atoms. The monoisotopic (exact) mass is 275 g/mol. The van der Waals surface area contributed by atoms with Crippen LogP contribution in [0.1, 0.15) is 47.5 Å². The van der Waals surface area contributed by atoms with Crippen molar-refractivity contribution in [2.24, 2.45) is 17.3 Å². The van der Waals surface area contributed by atoms with E-state index in [-0.39, 0.29) is 0 Å². The molecule has 1 saturated carbocycles. The van der Waals surface area contributed by atoms with Gasteiger partial charge in [-0.25, -0.2) is 0 Å². The third kappa shape index (κ3) is 3.91. The highest BCUT2D eigenvalue weighted by Gasteiger charge is 2.36. The Morgan fingerprint density at radius 1 is 1.25 bits per heavy atom. The second kappa shape index (κ2) is 6.07. The molecule has 2 atom stereocenters. The Morgan fingerprint density at radius 2 is 1.95 bits per heavy atom. The Balaban J connectivity index is 2.06. The van der Waals surface area contributed by atoms with Gasteiger partial charge in [0.15, 0.2) is 0 Å². The minimum Gasteiger partial charge on any atom is -0.491 e. The third-order valence-electron chi connectivity index (χ3n) is 4.13. The molecule has 1 aliphatic rings. The smallest absolute Gasteiger partial charge is 0.142 e. The lowest BCUT2D eigenvalue weighted by Gasteiger charge is -2.22. The van der Waals surface area contributed by atoms with Crippen molar-refractivity contribution >= 4 is 5.69 Å². The second-order valence-electron chi connectivity index (χ2n) is 7.50. The van der Waals surface area contributed by atoms with Gasteiger partial charge >= 0.3 is 0 Å². The van der Waals surface area contributed by atoms with Gasteiger partial charge in [0.05, 0.1) is 12.3 Å². The van der Waals surface area contributed by atoms with Crippen molar-refractivity contribution in [3.8, 4) is 5.75 Å². The minimum atomic E-state index is 0.449. The summed E-state index contributed by atoms with van der Waals surface area (Å²) < 4.78 is 5.93. The molecule has 0 aromatic heterocycles. The quantitative estimate of drug-likeness (QED) is 0.820. The van der Waals surface area contributed by atoms with Crippen LogP contribution in [-0.4, -0.2) is 12.6 Å². The van der Waals surface area contributed by atoms with Crippen molar-refractivity contribution in [3.63, 3.8) is 0 Å². The molecule has 0 heterocycles. The standard InChI is InChI=1S/C18H29NO/c1-13(2)12-20-17-9-7-6-8-15(17)19-16-11-18(4,5)10-14(16)3/h6-9,13-14,16,19H,10-12H2,1-5H3. The van der Waals surface area contributed by atoms with Gasteiger partial charge in [-0.2, -0.15) is 0 Å². The van der Waals surface area contributed by atoms with Crippen molar-refractivity contribution in [1.82, 2.24) is 0 Å². The topological polar surface area (TPSA) is 21.3 Å². The molecule has 2 rings (SSSR count). The summed E-state index contributed by atoms with van der Waals surface area (Å²) in [5, 5.41) is 3.71. The number of benzene rings is 1.